The number of carbonyl (C=O) groups is 1. The normalized spacial score (nSPS) is 22.8. The zero-order chi connectivity index (χ0) is 14.7. The molecule has 5 nitrogen and oxygen atoms in total. The number of nitrogens with zero attached hydrogens (tertiary/aromatic N) is 3. The van der Waals surface area contributed by atoms with Crippen molar-refractivity contribution in [2.45, 2.75) is 58.2 Å². The Hall–Kier alpha value is -1.36. The summed E-state index contributed by atoms with van der Waals surface area (Å²) in [6, 6.07) is 2.85. The van der Waals surface area contributed by atoms with Crippen molar-refractivity contribution >= 4 is 5.91 Å². The summed E-state index contributed by atoms with van der Waals surface area (Å²) in [5.74, 6) is 0.0976. The summed E-state index contributed by atoms with van der Waals surface area (Å²) in [6.07, 6.45) is 4.44. The second-order valence-electron chi connectivity index (χ2n) is 5.70. The lowest BCUT2D eigenvalue weighted by Gasteiger charge is -2.34. The SMILES string of the molecule is CCn1nc(C)cc1C(=O)N(C)C1CCC(NC)CC1. The van der Waals surface area contributed by atoms with Crippen molar-refractivity contribution in [3.63, 3.8) is 0 Å². The third-order valence-corrected chi connectivity index (χ3v) is 4.39. The van der Waals surface area contributed by atoms with E-state index in [1.54, 1.807) is 4.68 Å². The highest BCUT2D eigenvalue weighted by Crippen LogP contribution is 2.23. The van der Waals surface area contributed by atoms with Crippen LogP contribution in [0.2, 0.25) is 0 Å². The maximum atomic E-state index is 12.6. The molecule has 0 aromatic carbocycles. The molecule has 0 spiro atoms. The lowest BCUT2D eigenvalue weighted by atomic mass is 9.90. The summed E-state index contributed by atoms with van der Waals surface area (Å²) in [5, 5.41) is 7.69. The van der Waals surface area contributed by atoms with Crippen LogP contribution >= 0.6 is 0 Å². The number of amides is 1. The molecule has 112 valence electrons. The lowest BCUT2D eigenvalue weighted by Crippen LogP contribution is -2.43. The third kappa shape index (κ3) is 3.03. The summed E-state index contributed by atoms with van der Waals surface area (Å²) >= 11 is 0. The number of aromatic nitrogens is 2. The maximum Gasteiger partial charge on any atom is 0.272 e. The van der Waals surface area contributed by atoms with Gasteiger partial charge in [-0.25, -0.2) is 0 Å². The molecule has 1 fully saturated rings. The van der Waals surface area contributed by atoms with Crippen molar-refractivity contribution in [1.29, 1.82) is 0 Å². The van der Waals surface area contributed by atoms with E-state index in [0.717, 1.165) is 37.9 Å². The third-order valence-electron chi connectivity index (χ3n) is 4.39. The highest BCUT2D eigenvalue weighted by atomic mass is 16.2. The predicted molar refractivity (Wildman–Crippen MR) is 79.8 cm³/mol. The van der Waals surface area contributed by atoms with Crippen molar-refractivity contribution < 1.29 is 4.79 Å². The standard InChI is InChI=1S/C15H26N4O/c1-5-19-14(10-11(2)17-19)15(20)18(4)13-8-6-12(16-3)7-9-13/h10,12-13,16H,5-9H2,1-4H3. The lowest BCUT2D eigenvalue weighted by molar-refractivity contribution is 0.0673. The molecular weight excluding hydrogens is 252 g/mol. The van der Waals surface area contributed by atoms with Gasteiger partial charge in [-0.1, -0.05) is 0 Å². The molecule has 1 N–H and O–H groups in total. The van der Waals surface area contributed by atoms with Crippen LogP contribution in [0.25, 0.3) is 0 Å². The van der Waals surface area contributed by atoms with Crippen LogP contribution in [0, 0.1) is 6.92 Å². The van der Waals surface area contributed by atoms with Crippen molar-refractivity contribution in [3.8, 4) is 0 Å². The van der Waals surface area contributed by atoms with Crippen molar-refractivity contribution in [1.82, 2.24) is 20.0 Å². The maximum absolute atomic E-state index is 12.6. The average molecular weight is 278 g/mol. The van der Waals surface area contributed by atoms with Gasteiger partial charge in [-0.2, -0.15) is 5.10 Å². The molecule has 0 atom stereocenters. The van der Waals surface area contributed by atoms with E-state index in [4.69, 9.17) is 0 Å². The molecule has 5 heteroatoms. The molecule has 1 aromatic rings. The monoisotopic (exact) mass is 278 g/mol. The summed E-state index contributed by atoms with van der Waals surface area (Å²) in [6.45, 7) is 4.68. The van der Waals surface area contributed by atoms with Crippen LogP contribution < -0.4 is 5.32 Å². The summed E-state index contributed by atoms with van der Waals surface area (Å²) in [4.78, 5) is 14.5. The Morgan fingerprint density at radius 1 is 1.45 bits per heavy atom. The molecular formula is C15H26N4O. The van der Waals surface area contributed by atoms with Gasteiger partial charge in [0.15, 0.2) is 0 Å². The zero-order valence-electron chi connectivity index (χ0n) is 13.0. The van der Waals surface area contributed by atoms with E-state index in [1.165, 1.54) is 0 Å². The quantitative estimate of drug-likeness (QED) is 0.914. The van der Waals surface area contributed by atoms with E-state index in [0.29, 0.717) is 17.8 Å². The first-order chi connectivity index (χ1) is 9.56. The van der Waals surface area contributed by atoms with Gasteiger partial charge in [0.1, 0.15) is 5.69 Å². The molecule has 1 saturated carbocycles. The fraction of sp³-hybridized carbons (Fsp3) is 0.733. The minimum atomic E-state index is 0.0976. The molecule has 20 heavy (non-hydrogen) atoms. The number of rotatable bonds is 4. The predicted octanol–water partition coefficient (Wildman–Crippen LogP) is 1.81. The van der Waals surface area contributed by atoms with E-state index in [1.807, 2.05) is 38.9 Å². The van der Waals surface area contributed by atoms with Crippen LogP contribution in [0.15, 0.2) is 6.07 Å². The fourth-order valence-electron chi connectivity index (χ4n) is 3.06. The first-order valence-electron chi connectivity index (χ1n) is 7.55. The second kappa shape index (κ2) is 6.39. The Labute approximate surface area is 121 Å². The number of nitrogens with one attached hydrogen (secondary N) is 1. The van der Waals surface area contributed by atoms with Crippen LogP contribution in [-0.4, -0.2) is 46.8 Å². The van der Waals surface area contributed by atoms with E-state index < -0.39 is 0 Å². The minimum absolute atomic E-state index is 0.0976. The first kappa shape index (κ1) is 15.0. The Kier molecular flexibility index (Phi) is 4.81. The van der Waals surface area contributed by atoms with E-state index in [9.17, 15) is 4.79 Å². The Morgan fingerprint density at radius 3 is 2.65 bits per heavy atom. The molecule has 2 rings (SSSR count). The van der Waals surface area contributed by atoms with Gasteiger partial charge in [0.2, 0.25) is 0 Å². The van der Waals surface area contributed by atoms with Gasteiger partial charge in [-0.15, -0.1) is 0 Å². The van der Waals surface area contributed by atoms with Gasteiger partial charge >= 0.3 is 0 Å². The molecule has 1 amide bonds. The molecule has 0 radical (unpaired) electrons. The first-order valence-corrected chi connectivity index (χ1v) is 7.55. The fourth-order valence-corrected chi connectivity index (χ4v) is 3.06. The van der Waals surface area contributed by atoms with Crippen molar-refractivity contribution in [3.05, 3.63) is 17.5 Å². The van der Waals surface area contributed by atoms with Gasteiger partial charge in [-0.3, -0.25) is 9.48 Å². The van der Waals surface area contributed by atoms with Crippen LogP contribution in [0.4, 0.5) is 0 Å². The number of hydrogen-bond acceptors (Lipinski definition) is 3. The van der Waals surface area contributed by atoms with Gasteiger partial charge in [-0.05, 0) is 52.6 Å². The minimum Gasteiger partial charge on any atom is -0.337 e. The Balaban J connectivity index is 2.05. The highest BCUT2D eigenvalue weighted by molar-refractivity contribution is 5.92. The van der Waals surface area contributed by atoms with E-state index in [-0.39, 0.29) is 5.91 Å². The molecule has 1 heterocycles. The van der Waals surface area contributed by atoms with E-state index >= 15 is 0 Å². The largest absolute Gasteiger partial charge is 0.337 e. The molecule has 0 bridgehead atoms. The Bertz CT molecular complexity index is 460. The smallest absolute Gasteiger partial charge is 0.272 e. The van der Waals surface area contributed by atoms with Gasteiger partial charge < -0.3 is 10.2 Å². The molecule has 1 aliphatic rings. The second-order valence-corrected chi connectivity index (χ2v) is 5.70. The van der Waals surface area contributed by atoms with Crippen LogP contribution in [0.5, 0.6) is 0 Å². The highest BCUT2D eigenvalue weighted by Gasteiger charge is 2.27. The van der Waals surface area contributed by atoms with Crippen LogP contribution in [-0.2, 0) is 6.54 Å². The van der Waals surface area contributed by atoms with Gasteiger partial charge in [0.25, 0.3) is 5.91 Å². The summed E-state index contributed by atoms with van der Waals surface area (Å²) in [5.41, 5.74) is 1.62. The molecule has 0 unspecified atom stereocenters. The molecule has 0 saturated heterocycles. The van der Waals surface area contributed by atoms with Crippen LogP contribution in [0.1, 0.15) is 48.8 Å². The molecule has 1 aliphatic carbocycles. The molecule has 1 aromatic heterocycles. The van der Waals surface area contributed by atoms with Crippen molar-refractivity contribution in [2.75, 3.05) is 14.1 Å². The zero-order valence-corrected chi connectivity index (χ0v) is 13.0. The van der Waals surface area contributed by atoms with Crippen LogP contribution in [0.3, 0.4) is 0 Å². The average Bonchev–Trinajstić information content (AvgIpc) is 2.87. The number of carbonyl (C=O) groups excluding carboxylic acids is 1. The topological polar surface area (TPSA) is 50.2 Å². The van der Waals surface area contributed by atoms with E-state index in [2.05, 4.69) is 10.4 Å². The summed E-state index contributed by atoms with van der Waals surface area (Å²) in [7, 11) is 3.94. The van der Waals surface area contributed by atoms with Gasteiger partial charge in [0.05, 0.1) is 5.69 Å². The number of aryl methyl sites for hydroxylation is 2. The number of hydrogen-bond donors (Lipinski definition) is 1. The Morgan fingerprint density at radius 2 is 2.10 bits per heavy atom. The summed E-state index contributed by atoms with van der Waals surface area (Å²) < 4.78 is 1.80. The molecule has 0 aliphatic heterocycles. The van der Waals surface area contributed by atoms with Crippen molar-refractivity contribution in [2.24, 2.45) is 0 Å². The van der Waals surface area contributed by atoms with Gasteiger partial charge in [0, 0.05) is 25.7 Å².